The fraction of sp³-hybridized carbons (Fsp3) is 0.292. The van der Waals surface area contributed by atoms with E-state index in [1.807, 2.05) is 49.6 Å². The second-order valence-corrected chi connectivity index (χ2v) is 7.39. The van der Waals surface area contributed by atoms with Crippen LogP contribution in [-0.4, -0.2) is 53.0 Å². The first-order valence-corrected chi connectivity index (χ1v) is 10.2. The molecule has 7 nitrogen and oxygen atoms in total. The lowest BCUT2D eigenvalue weighted by atomic mass is 10.0. The van der Waals surface area contributed by atoms with Gasteiger partial charge >= 0.3 is 0 Å². The maximum atomic E-state index is 13.1. The van der Waals surface area contributed by atoms with Crippen molar-refractivity contribution in [2.24, 2.45) is 7.05 Å². The molecule has 2 heterocycles. The fourth-order valence-corrected chi connectivity index (χ4v) is 3.46. The number of pyridine rings is 1. The third-order valence-corrected chi connectivity index (χ3v) is 5.31. The van der Waals surface area contributed by atoms with Crippen LogP contribution >= 0.6 is 0 Å². The molecule has 2 amide bonds. The molecule has 1 N–H and O–H groups in total. The first-order chi connectivity index (χ1) is 15.0. The van der Waals surface area contributed by atoms with Gasteiger partial charge in [-0.05, 0) is 36.6 Å². The number of rotatable bonds is 9. The average Bonchev–Trinajstić information content (AvgIpc) is 3.24. The second-order valence-electron chi connectivity index (χ2n) is 7.39. The quantitative estimate of drug-likeness (QED) is 0.578. The Morgan fingerprint density at radius 1 is 1.16 bits per heavy atom. The lowest BCUT2D eigenvalue weighted by Gasteiger charge is -2.28. The highest BCUT2D eigenvalue weighted by Gasteiger charge is 2.23. The maximum Gasteiger partial charge on any atom is 0.272 e. The summed E-state index contributed by atoms with van der Waals surface area (Å²) in [4.78, 5) is 31.4. The van der Waals surface area contributed by atoms with Gasteiger partial charge in [0.25, 0.3) is 11.8 Å². The summed E-state index contributed by atoms with van der Waals surface area (Å²) in [5.74, 6) is 0.268. The second kappa shape index (κ2) is 10.4. The zero-order valence-corrected chi connectivity index (χ0v) is 18.1. The minimum atomic E-state index is -0.186. The van der Waals surface area contributed by atoms with Gasteiger partial charge in [-0.25, -0.2) is 0 Å². The third-order valence-electron chi connectivity index (χ3n) is 5.31. The number of carbonyl (C=O) groups is 2. The van der Waals surface area contributed by atoms with Crippen molar-refractivity contribution in [2.75, 3.05) is 20.7 Å². The van der Waals surface area contributed by atoms with Crippen molar-refractivity contribution in [2.45, 2.75) is 18.9 Å². The van der Waals surface area contributed by atoms with Gasteiger partial charge in [-0.3, -0.25) is 14.6 Å². The molecule has 1 aromatic carbocycles. The molecule has 0 bridgehead atoms. The van der Waals surface area contributed by atoms with Gasteiger partial charge in [-0.2, -0.15) is 0 Å². The molecular weight excluding hydrogens is 392 g/mol. The normalized spacial score (nSPS) is 11.6. The highest BCUT2D eigenvalue weighted by Crippen LogP contribution is 2.16. The average molecular weight is 421 g/mol. The van der Waals surface area contributed by atoms with Crippen molar-refractivity contribution in [3.8, 4) is 5.75 Å². The standard InChI is InChI=1S/C24H28N4O3/c1-27-15-7-10-22(27)23(29)26-13-11-19(16-18-8-5-4-6-9-18)28(2)24(30)21-17-20(31-3)12-14-25-21/h4-10,12,14-15,17,19H,11,13,16H2,1-3H3,(H,26,29). The number of benzene rings is 1. The molecule has 2 aromatic heterocycles. The van der Waals surface area contributed by atoms with Crippen molar-refractivity contribution in [3.63, 3.8) is 0 Å². The van der Waals surface area contributed by atoms with E-state index in [1.54, 1.807) is 48.0 Å². The number of carbonyl (C=O) groups excluding carboxylic acids is 2. The van der Waals surface area contributed by atoms with Crippen LogP contribution in [0.5, 0.6) is 5.75 Å². The molecule has 0 radical (unpaired) electrons. The van der Waals surface area contributed by atoms with Crippen LogP contribution in [0, 0.1) is 0 Å². The summed E-state index contributed by atoms with van der Waals surface area (Å²) in [6.45, 7) is 0.449. The van der Waals surface area contributed by atoms with E-state index in [2.05, 4.69) is 10.3 Å². The van der Waals surface area contributed by atoms with Crippen LogP contribution in [0.3, 0.4) is 0 Å². The highest BCUT2D eigenvalue weighted by molar-refractivity contribution is 5.93. The van der Waals surface area contributed by atoms with Gasteiger partial charge < -0.3 is 19.5 Å². The monoisotopic (exact) mass is 420 g/mol. The molecule has 0 aliphatic rings. The number of nitrogens with zero attached hydrogens (tertiary/aromatic N) is 3. The number of hydrogen-bond acceptors (Lipinski definition) is 4. The van der Waals surface area contributed by atoms with Gasteiger partial charge in [-0.1, -0.05) is 30.3 Å². The summed E-state index contributed by atoms with van der Waals surface area (Å²) >= 11 is 0. The summed E-state index contributed by atoms with van der Waals surface area (Å²) in [6.07, 6.45) is 4.68. The number of aryl methyl sites for hydroxylation is 1. The molecule has 0 aliphatic carbocycles. The Morgan fingerprint density at radius 2 is 1.94 bits per heavy atom. The SMILES string of the molecule is COc1ccnc(C(=O)N(C)C(CCNC(=O)c2cccn2C)Cc2ccccc2)c1. The van der Waals surface area contributed by atoms with Crippen molar-refractivity contribution >= 4 is 11.8 Å². The number of hydrogen-bond donors (Lipinski definition) is 1. The number of ether oxygens (including phenoxy) is 1. The third kappa shape index (κ3) is 5.72. The first kappa shape index (κ1) is 22.1. The molecule has 162 valence electrons. The minimum Gasteiger partial charge on any atom is -0.497 e. The fourth-order valence-electron chi connectivity index (χ4n) is 3.46. The van der Waals surface area contributed by atoms with Gasteiger partial charge in [0.1, 0.15) is 17.1 Å². The van der Waals surface area contributed by atoms with E-state index in [0.29, 0.717) is 36.5 Å². The largest absolute Gasteiger partial charge is 0.497 e. The van der Waals surface area contributed by atoms with Crippen molar-refractivity contribution in [1.29, 1.82) is 0 Å². The molecule has 1 unspecified atom stereocenters. The summed E-state index contributed by atoms with van der Waals surface area (Å²) in [5.41, 5.74) is 2.05. The van der Waals surface area contributed by atoms with E-state index >= 15 is 0 Å². The molecule has 3 aromatic rings. The topological polar surface area (TPSA) is 76.5 Å². The summed E-state index contributed by atoms with van der Waals surface area (Å²) in [7, 11) is 5.16. The van der Waals surface area contributed by atoms with Gasteiger partial charge in [0.15, 0.2) is 0 Å². The molecule has 0 spiro atoms. The molecule has 3 rings (SSSR count). The van der Waals surface area contributed by atoms with Gasteiger partial charge in [0.05, 0.1) is 7.11 Å². The zero-order valence-electron chi connectivity index (χ0n) is 18.1. The Kier molecular flexibility index (Phi) is 7.43. The van der Waals surface area contributed by atoms with Crippen LogP contribution in [0.1, 0.15) is 33.0 Å². The Balaban J connectivity index is 1.71. The van der Waals surface area contributed by atoms with Gasteiger partial charge in [0.2, 0.25) is 0 Å². The Bertz CT molecular complexity index is 1020. The Hall–Kier alpha value is -3.61. The van der Waals surface area contributed by atoms with Crippen LogP contribution in [0.2, 0.25) is 0 Å². The highest BCUT2D eigenvalue weighted by atomic mass is 16.5. The van der Waals surface area contributed by atoms with Gasteiger partial charge in [0, 0.05) is 45.1 Å². The van der Waals surface area contributed by atoms with Crippen molar-refractivity contribution in [3.05, 3.63) is 83.9 Å². The summed E-state index contributed by atoms with van der Waals surface area (Å²) < 4.78 is 7.00. The number of nitrogens with one attached hydrogen (secondary N) is 1. The number of methoxy groups -OCH3 is 1. The molecular formula is C24H28N4O3. The molecule has 0 saturated heterocycles. The van der Waals surface area contributed by atoms with Crippen molar-refractivity contribution < 1.29 is 14.3 Å². The van der Waals surface area contributed by atoms with Crippen LogP contribution in [0.4, 0.5) is 0 Å². The lowest BCUT2D eigenvalue weighted by molar-refractivity contribution is 0.0716. The zero-order chi connectivity index (χ0) is 22.2. The maximum absolute atomic E-state index is 13.1. The molecule has 1 atom stereocenters. The van der Waals surface area contributed by atoms with E-state index in [9.17, 15) is 9.59 Å². The summed E-state index contributed by atoms with van der Waals surface area (Å²) in [6, 6.07) is 16.8. The summed E-state index contributed by atoms with van der Waals surface area (Å²) in [5, 5.41) is 2.96. The van der Waals surface area contributed by atoms with Crippen LogP contribution < -0.4 is 10.1 Å². The van der Waals surface area contributed by atoms with E-state index in [0.717, 1.165) is 5.56 Å². The van der Waals surface area contributed by atoms with Crippen LogP contribution in [0.25, 0.3) is 0 Å². The van der Waals surface area contributed by atoms with Gasteiger partial charge in [-0.15, -0.1) is 0 Å². The van der Waals surface area contributed by atoms with Crippen LogP contribution in [0.15, 0.2) is 67.0 Å². The predicted octanol–water partition coefficient (Wildman–Crippen LogP) is 2.93. The van der Waals surface area contributed by atoms with E-state index in [1.165, 1.54) is 0 Å². The number of aromatic nitrogens is 2. The molecule has 7 heteroatoms. The van der Waals surface area contributed by atoms with E-state index in [-0.39, 0.29) is 17.9 Å². The first-order valence-electron chi connectivity index (χ1n) is 10.2. The number of amides is 2. The smallest absolute Gasteiger partial charge is 0.272 e. The molecule has 0 aliphatic heterocycles. The lowest BCUT2D eigenvalue weighted by Crippen LogP contribution is -2.41. The molecule has 0 fully saturated rings. The molecule has 0 saturated carbocycles. The van der Waals surface area contributed by atoms with E-state index in [4.69, 9.17) is 4.74 Å². The Labute approximate surface area is 182 Å². The molecule has 31 heavy (non-hydrogen) atoms. The predicted molar refractivity (Wildman–Crippen MR) is 119 cm³/mol. The van der Waals surface area contributed by atoms with Crippen LogP contribution in [-0.2, 0) is 13.5 Å². The Morgan fingerprint density at radius 3 is 2.61 bits per heavy atom. The number of likely N-dealkylation sites (N-methyl/N-ethyl adjacent to an activating group) is 1. The minimum absolute atomic E-state index is 0.114. The van der Waals surface area contributed by atoms with Crippen molar-refractivity contribution in [1.82, 2.24) is 19.8 Å². The van der Waals surface area contributed by atoms with E-state index < -0.39 is 0 Å².